The fourth-order valence-electron chi connectivity index (χ4n) is 11.2. The van der Waals surface area contributed by atoms with Crippen LogP contribution >= 0.6 is 0 Å². The molecule has 17 unspecified atom stereocenters. The average molecular weight is 928 g/mol. The minimum atomic E-state index is -2.39. The molecular weight excluding hydrogens is 847 g/mol. The highest BCUT2D eigenvalue weighted by Gasteiger charge is 2.53. The summed E-state index contributed by atoms with van der Waals surface area (Å²) in [7, 11) is 1.52. The summed E-state index contributed by atoms with van der Waals surface area (Å²) in [4.78, 5) is 70.6. The average Bonchev–Trinajstić information content (AvgIpc) is 3.27. The normalized spacial score (nSPS) is 40.3. The van der Waals surface area contributed by atoms with E-state index in [0.29, 0.717) is 63.4 Å². The molecule has 372 valence electrons. The first-order chi connectivity index (χ1) is 31.1. The van der Waals surface area contributed by atoms with Gasteiger partial charge in [-0.1, -0.05) is 65.3 Å². The molecule has 4 bridgehead atoms. The molecule has 1 amide bonds. The second kappa shape index (κ2) is 23.8. The topological polar surface area (TPSA) is 195 Å². The quantitative estimate of drug-likeness (QED) is 0.149. The summed E-state index contributed by atoms with van der Waals surface area (Å²) in [5, 5.41) is 34.2. The van der Waals surface area contributed by atoms with Gasteiger partial charge in [0.2, 0.25) is 5.79 Å². The van der Waals surface area contributed by atoms with Gasteiger partial charge < -0.3 is 43.9 Å². The molecule has 3 N–H and O–H groups in total. The lowest BCUT2D eigenvalue weighted by Crippen LogP contribution is -2.60. The van der Waals surface area contributed by atoms with Crippen molar-refractivity contribution in [3.63, 3.8) is 0 Å². The number of aliphatic hydroxyl groups is 3. The maximum Gasteiger partial charge on any atom is 0.329 e. The molecule has 1 saturated carbocycles. The molecule has 1 aliphatic carbocycles. The van der Waals surface area contributed by atoms with Gasteiger partial charge in [0, 0.05) is 38.8 Å². The number of hydrogen-bond donors (Lipinski definition) is 3. The van der Waals surface area contributed by atoms with E-state index in [4.69, 9.17) is 23.7 Å². The summed E-state index contributed by atoms with van der Waals surface area (Å²) in [5.41, 5.74) is 1.47. The van der Waals surface area contributed by atoms with E-state index in [1.807, 2.05) is 46.8 Å². The number of carbonyl (C=O) groups is 5. The molecule has 14 nitrogen and oxygen atoms in total. The van der Waals surface area contributed by atoms with Gasteiger partial charge in [-0.15, -0.1) is 0 Å². The van der Waals surface area contributed by atoms with Gasteiger partial charge >= 0.3 is 11.9 Å². The minimum Gasteiger partial charge on any atom is -0.460 e. The molecule has 0 aromatic heterocycles. The number of fused-ring (bicyclic) bond motifs is 5. The van der Waals surface area contributed by atoms with Gasteiger partial charge in [-0.2, -0.15) is 0 Å². The van der Waals surface area contributed by atoms with E-state index in [2.05, 4.69) is 0 Å². The summed E-state index contributed by atoms with van der Waals surface area (Å²) in [6.45, 7) is 16.7. The smallest absolute Gasteiger partial charge is 0.329 e. The fraction of sp³-hybridized carbons (Fsp3) is 0.788. The molecule has 0 radical (unpaired) electrons. The number of carbonyl (C=O) groups excluding carboxylic acids is 5. The van der Waals surface area contributed by atoms with Crippen molar-refractivity contribution in [2.75, 3.05) is 13.7 Å². The van der Waals surface area contributed by atoms with Crippen LogP contribution in [0.1, 0.15) is 146 Å². The predicted octanol–water partition coefficient (Wildman–Crippen LogP) is 6.75. The van der Waals surface area contributed by atoms with Crippen molar-refractivity contribution in [2.24, 2.45) is 41.4 Å². The van der Waals surface area contributed by atoms with Crippen LogP contribution < -0.4 is 0 Å². The Balaban J connectivity index is 1.51. The third-order valence-electron chi connectivity index (χ3n) is 15.5. The molecule has 5 rings (SSSR count). The molecular formula is C52H81NO13. The zero-order valence-electron chi connectivity index (χ0n) is 41.3. The van der Waals surface area contributed by atoms with Gasteiger partial charge in [0.15, 0.2) is 0 Å². The highest BCUT2D eigenvalue weighted by atomic mass is 16.6. The number of cyclic esters (lactones) is 1. The lowest BCUT2D eigenvalue weighted by atomic mass is 9.75. The van der Waals surface area contributed by atoms with Gasteiger partial charge in [0.05, 0.1) is 18.3 Å². The highest BCUT2D eigenvalue weighted by Crippen LogP contribution is 2.39. The van der Waals surface area contributed by atoms with Crippen molar-refractivity contribution in [2.45, 2.75) is 206 Å². The molecule has 5 aliphatic rings. The number of nitrogens with zero attached hydrogens (tertiary/aromatic N) is 1. The van der Waals surface area contributed by atoms with Crippen LogP contribution in [0.5, 0.6) is 0 Å². The Hall–Kier alpha value is -3.27. The third kappa shape index (κ3) is 13.3. The van der Waals surface area contributed by atoms with Gasteiger partial charge in [0.1, 0.15) is 42.3 Å². The van der Waals surface area contributed by atoms with Crippen molar-refractivity contribution >= 4 is 29.4 Å². The van der Waals surface area contributed by atoms with Crippen molar-refractivity contribution in [1.29, 1.82) is 0 Å². The molecule has 14 heteroatoms. The lowest BCUT2D eigenvalue weighted by Gasteiger charge is -2.45. The SMILES string of the molecule is COC1C(O)C(C)=CC(C)C(=O)CC(C(C)CC2CCC(O)C(C)C2)OC(=O)C2CCCCN2C(=O)C(=O)C2(O)OC(CCC(C)=CC=CC(OC(C)=O)C3OC1C(C)CC3C)CCC2C. The second-order valence-corrected chi connectivity index (χ2v) is 20.9. The summed E-state index contributed by atoms with van der Waals surface area (Å²) in [5.74, 6) is -7.23. The summed E-state index contributed by atoms with van der Waals surface area (Å²) >= 11 is 0. The number of allylic oxidation sites excluding steroid dienone is 4. The number of Topliss-reactive ketones (excluding diaryl/α,β-unsaturated/α-hetero) is 2. The first-order valence-corrected chi connectivity index (χ1v) is 24.9. The van der Waals surface area contributed by atoms with Gasteiger partial charge in [0.25, 0.3) is 11.7 Å². The number of ether oxygens (including phenoxy) is 5. The van der Waals surface area contributed by atoms with Crippen LogP contribution in [0.4, 0.5) is 0 Å². The molecule has 0 aromatic carbocycles. The molecule has 4 aliphatic heterocycles. The van der Waals surface area contributed by atoms with E-state index in [-0.39, 0.29) is 60.9 Å². The first kappa shape index (κ1) is 53.7. The van der Waals surface area contributed by atoms with Gasteiger partial charge in [-0.3, -0.25) is 19.2 Å². The monoisotopic (exact) mass is 928 g/mol. The second-order valence-electron chi connectivity index (χ2n) is 20.9. The van der Waals surface area contributed by atoms with Gasteiger partial charge in [-0.05, 0) is 132 Å². The summed E-state index contributed by atoms with van der Waals surface area (Å²) in [6.07, 6.45) is 8.56. The number of hydrogen-bond acceptors (Lipinski definition) is 13. The van der Waals surface area contributed by atoms with E-state index in [9.17, 15) is 39.3 Å². The number of methoxy groups -OCH3 is 1. The number of piperidine rings is 1. The largest absolute Gasteiger partial charge is 0.460 e. The van der Waals surface area contributed by atoms with Crippen LogP contribution in [0.3, 0.4) is 0 Å². The molecule has 0 spiro atoms. The molecule has 4 fully saturated rings. The Labute approximate surface area is 393 Å². The number of ketones is 2. The maximum absolute atomic E-state index is 14.4. The Morgan fingerprint density at radius 3 is 2.32 bits per heavy atom. The molecule has 66 heavy (non-hydrogen) atoms. The van der Waals surface area contributed by atoms with Crippen molar-refractivity contribution in [3.05, 3.63) is 35.5 Å². The molecule has 17 atom stereocenters. The summed E-state index contributed by atoms with van der Waals surface area (Å²) < 4.78 is 31.0. The van der Waals surface area contributed by atoms with Crippen molar-refractivity contribution < 1.29 is 63.0 Å². The van der Waals surface area contributed by atoms with E-state index in [1.54, 1.807) is 32.9 Å². The van der Waals surface area contributed by atoms with Crippen LogP contribution in [0, 0.1) is 41.4 Å². The lowest BCUT2D eigenvalue weighted by molar-refractivity contribution is -0.263. The van der Waals surface area contributed by atoms with Crippen LogP contribution in [-0.4, -0.2) is 124 Å². The Kier molecular flexibility index (Phi) is 19.4. The van der Waals surface area contributed by atoms with Crippen LogP contribution in [0.2, 0.25) is 0 Å². The van der Waals surface area contributed by atoms with E-state index >= 15 is 0 Å². The Morgan fingerprint density at radius 1 is 0.924 bits per heavy atom. The van der Waals surface area contributed by atoms with Crippen LogP contribution in [0.15, 0.2) is 35.5 Å². The van der Waals surface area contributed by atoms with Crippen molar-refractivity contribution in [1.82, 2.24) is 4.90 Å². The zero-order valence-corrected chi connectivity index (χ0v) is 41.3. The molecule has 3 saturated heterocycles. The molecule has 0 aromatic rings. The van der Waals surface area contributed by atoms with E-state index in [1.165, 1.54) is 18.9 Å². The highest BCUT2D eigenvalue weighted by molar-refractivity contribution is 6.39. The Morgan fingerprint density at radius 2 is 1.64 bits per heavy atom. The first-order valence-electron chi connectivity index (χ1n) is 24.9. The molecule has 4 heterocycles. The van der Waals surface area contributed by atoms with Gasteiger partial charge in [-0.25, -0.2) is 4.79 Å². The van der Waals surface area contributed by atoms with Crippen molar-refractivity contribution in [3.8, 4) is 0 Å². The van der Waals surface area contributed by atoms with E-state index in [0.717, 1.165) is 18.4 Å². The number of esters is 2. The standard InChI is InChI=1S/C52H81NO13/c1-29-14-13-16-43(63-37(9)54)46-34(6)25-35(7)47(65-46)48(62-10)45(57)33(5)24-30(2)42(56)28-44(32(4)27-38-19-22-41(55)31(3)26-38)64-51(60)40-15-11-12-23-53(40)50(59)49(58)52(61)36(8)18-21-39(66-52)20-17-29/h13-14,16,24,30-32,34-36,38-41,43-48,55,57,61H,11-12,15,17-23,25-28H2,1-10H3. The van der Waals surface area contributed by atoms with Crippen LogP contribution in [-0.2, 0) is 47.7 Å². The predicted molar refractivity (Wildman–Crippen MR) is 247 cm³/mol. The number of rotatable bonds is 5. The van der Waals surface area contributed by atoms with E-state index < -0.39 is 90.0 Å². The zero-order chi connectivity index (χ0) is 48.6. The number of amides is 1. The summed E-state index contributed by atoms with van der Waals surface area (Å²) in [6, 6.07) is -1.10. The van der Waals surface area contributed by atoms with Crippen LogP contribution in [0.25, 0.3) is 0 Å². The third-order valence-corrected chi connectivity index (χ3v) is 15.5. The maximum atomic E-state index is 14.4. The Bertz CT molecular complexity index is 1790. The minimum absolute atomic E-state index is 0.0206. The fourth-order valence-corrected chi connectivity index (χ4v) is 11.2. The number of aliphatic hydroxyl groups excluding tert-OH is 2.